The van der Waals surface area contributed by atoms with Gasteiger partial charge in [0.1, 0.15) is 0 Å². The average molecular weight is 375 g/mol. The van der Waals surface area contributed by atoms with Crippen molar-refractivity contribution in [3.63, 3.8) is 0 Å². The Hall–Kier alpha value is 0.339. The van der Waals surface area contributed by atoms with Crippen molar-refractivity contribution >= 4 is 18.4 Å². The maximum atomic E-state index is 5.40. The summed E-state index contributed by atoms with van der Waals surface area (Å²) in [6.45, 7) is 9.88. The van der Waals surface area contributed by atoms with Crippen LogP contribution < -0.4 is 0 Å². The molecule has 0 aliphatic carbocycles. The van der Waals surface area contributed by atoms with Gasteiger partial charge >= 0.3 is 126 Å². The van der Waals surface area contributed by atoms with E-state index in [0.29, 0.717) is 0 Å². The Kier molecular flexibility index (Phi) is 13.6. The molecule has 0 heterocycles. The summed E-state index contributed by atoms with van der Waals surface area (Å²) in [5.41, 5.74) is 0. The topological polar surface area (TPSA) is 9.23 Å². The summed E-state index contributed by atoms with van der Waals surface area (Å²) in [6, 6.07) is 0. The second-order valence-corrected chi connectivity index (χ2v) is 19.9. The fourth-order valence-electron chi connectivity index (χ4n) is 2.80. The van der Waals surface area contributed by atoms with E-state index in [9.17, 15) is 0 Å². The molecule has 0 aromatic rings. The van der Waals surface area contributed by atoms with Gasteiger partial charge in [0.25, 0.3) is 0 Å². The number of unbranched alkanes of at least 4 members (excludes halogenated alkanes) is 3. The first-order valence-electron chi connectivity index (χ1n) is 8.51. The predicted octanol–water partition coefficient (Wildman–Crippen LogP) is 6.39. The van der Waals surface area contributed by atoms with Crippen molar-refractivity contribution in [2.45, 2.75) is 84.0 Å². The van der Waals surface area contributed by atoms with Gasteiger partial charge in [0.2, 0.25) is 0 Å². The first-order valence-corrected chi connectivity index (χ1v) is 16.6. The molecule has 0 N–H and O–H groups in total. The summed E-state index contributed by atoms with van der Waals surface area (Å²) in [5.74, 6) is 0. The van der Waals surface area contributed by atoms with Gasteiger partial charge in [0, 0.05) is 0 Å². The van der Waals surface area contributed by atoms with Crippen molar-refractivity contribution in [3.05, 3.63) is 12.3 Å². The van der Waals surface area contributed by atoms with Crippen molar-refractivity contribution in [1.29, 1.82) is 0 Å². The summed E-state index contributed by atoms with van der Waals surface area (Å²) in [6.07, 6.45) is 12.8. The van der Waals surface area contributed by atoms with Crippen molar-refractivity contribution in [2.75, 3.05) is 6.61 Å². The number of hydrogen-bond donors (Lipinski definition) is 0. The van der Waals surface area contributed by atoms with E-state index in [1.807, 2.05) is 6.26 Å². The van der Waals surface area contributed by atoms with Gasteiger partial charge in [0.05, 0.1) is 0 Å². The fraction of sp³-hybridized carbons (Fsp3) is 0.882. The molecule has 0 amide bonds. The quantitative estimate of drug-likeness (QED) is 0.268. The molecular weight excluding hydrogens is 339 g/mol. The van der Waals surface area contributed by atoms with Crippen molar-refractivity contribution in [2.24, 2.45) is 0 Å². The second-order valence-electron chi connectivity index (χ2n) is 5.84. The Morgan fingerprint density at radius 1 is 0.789 bits per heavy atom. The van der Waals surface area contributed by atoms with Crippen LogP contribution in [0, 0.1) is 0 Å². The molecule has 2 heteroatoms. The molecule has 114 valence electrons. The van der Waals surface area contributed by atoms with E-state index in [-0.39, 0.29) is 0 Å². The zero-order valence-electron chi connectivity index (χ0n) is 13.8. The third-order valence-electron chi connectivity index (χ3n) is 4.09. The van der Waals surface area contributed by atoms with Gasteiger partial charge in [-0.05, 0) is 0 Å². The molecule has 0 aromatic heterocycles. The van der Waals surface area contributed by atoms with Crippen LogP contribution in [0.25, 0.3) is 0 Å². The van der Waals surface area contributed by atoms with Crippen LogP contribution in [0.5, 0.6) is 0 Å². The molecule has 0 aromatic carbocycles. The molecule has 0 bridgehead atoms. The third-order valence-corrected chi connectivity index (χ3v) is 19.3. The van der Waals surface area contributed by atoms with E-state index in [0.717, 1.165) is 6.61 Å². The molecule has 0 unspecified atom stereocenters. The van der Waals surface area contributed by atoms with E-state index < -0.39 is 18.4 Å². The molecular formula is C17H36OSn. The van der Waals surface area contributed by atoms with Crippen LogP contribution in [0.3, 0.4) is 0 Å². The number of ether oxygens (including phenoxy) is 1. The Morgan fingerprint density at radius 2 is 1.26 bits per heavy atom. The number of allylic oxidation sites excluding steroid dienone is 1. The first-order chi connectivity index (χ1) is 9.24. The summed E-state index contributed by atoms with van der Waals surface area (Å²) in [7, 11) is 0. The van der Waals surface area contributed by atoms with Crippen LogP contribution >= 0.6 is 0 Å². The molecule has 1 nitrogen and oxygen atoms in total. The van der Waals surface area contributed by atoms with Gasteiger partial charge in [0.15, 0.2) is 0 Å². The number of hydrogen-bond acceptors (Lipinski definition) is 1. The Bertz CT molecular complexity index is 192. The molecule has 0 aliphatic rings. The maximum absolute atomic E-state index is 5.40. The Balaban J connectivity index is 4.56. The molecule has 0 saturated heterocycles. The van der Waals surface area contributed by atoms with Gasteiger partial charge in [-0.2, -0.15) is 0 Å². The van der Waals surface area contributed by atoms with Crippen LogP contribution in [0.1, 0.15) is 66.2 Å². The third kappa shape index (κ3) is 9.81. The molecule has 0 aliphatic heterocycles. The van der Waals surface area contributed by atoms with E-state index in [2.05, 4.69) is 33.8 Å². The van der Waals surface area contributed by atoms with Gasteiger partial charge in [-0.15, -0.1) is 0 Å². The minimum atomic E-state index is -1.90. The fourth-order valence-corrected chi connectivity index (χ4v) is 17.8. The van der Waals surface area contributed by atoms with Gasteiger partial charge < -0.3 is 0 Å². The first kappa shape index (κ1) is 19.3. The van der Waals surface area contributed by atoms with Crippen LogP contribution in [-0.2, 0) is 4.74 Å². The SMILES string of the molecule is CCC[CH2][Sn]([CH2]/C=C\OCC)([CH2]CCC)[CH2]CCC. The van der Waals surface area contributed by atoms with E-state index in [4.69, 9.17) is 4.74 Å². The van der Waals surface area contributed by atoms with Crippen LogP contribution in [0.2, 0.25) is 17.7 Å². The van der Waals surface area contributed by atoms with E-state index >= 15 is 0 Å². The molecule has 0 atom stereocenters. The molecule has 0 spiro atoms. The van der Waals surface area contributed by atoms with Crippen LogP contribution in [0.15, 0.2) is 12.3 Å². The second kappa shape index (κ2) is 13.3. The van der Waals surface area contributed by atoms with Crippen molar-refractivity contribution < 1.29 is 4.74 Å². The predicted molar refractivity (Wildman–Crippen MR) is 90.5 cm³/mol. The monoisotopic (exact) mass is 376 g/mol. The van der Waals surface area contributed by atoms with E-state index in [1.54, 1.807) is 13.3 Å². The minimum absolute atomic E-state index is 0.803. The van der Waals surface area contributed by atoms with Gasteiger partial charge in [-0.1, -0.05) is 0 Å². The van der Waals surface area contributed by atoms with Crippen LogP contribution in [-0.4, -0.2) is 25.0 Å². The average Bonchev–Trinajstić information content (AvgIpc) is 2.44. The van der Waals surface area contributed by atoms with E-state index in [1.165, 1.54) is 43.0 Å². The molecule has 0 fully saturated rings. The molecule has 0 rings (SSSR count). The Morgan fingerprint density at radius 3 is 1.63 bits per heavy atom. The van der Waals surface area contributed by atoms with Crippen LogP contribution in [0.4, 0.5) is 0 Å². The number of rotatable bonds is 13. The normalized spacial score (nSPS) is 12.2. The summed E-state index contributed by atoms with van der Waals surface area (Å²) >= 11 is -1.90. The molecule has 0 radical (unpaired) electrons. The van der Waals surface area contributed by atoms with Crippen molar-refractivity contribution in [1.82, 2.24) is 0 Å². The molecule has 19 heavy (non-hydrogen) atoms. The molecule has 0 saturated carbocycles. The van der Waals surface area contributed by atoms with Crippen molar-refractivity contribution in [3.8, 4) is 0 Å². The van der Waals surface area contributed by atoms with Gasteiger partial charge in [-0.25, -0.2) is 0 Å². The summed E-state index contributed by atoms with van der Waals surface area (Å²) < 4.78 is 11.6. The summed E-state index contributed by atoms with van der Waals surface area (Å²) in [4.78, 5) is 0. The zero-order valence-corrected chi connectivity index (χ0v) is 16.7. The Labute approximate surface area is 126 Å². The summed E-state index contributed by atoms with van der Waals surface area (Å²) in [5, 5.41) is 0. The van der Waals surface area contributed by atoms with Gasteiger partial charge in [-0.3, -0.25) is 0 Å². The zero-order chi connectivity index (χ0) is 14.4. The standard InChI is InChI=1S/C5H9O.3C4H9.Sn/c1-3-5-6-4-2;3*1-3-4-2;/h3,5H,1,4H2,2H3;3*1,3-4H2,2H3;/b5-3-;;;;.